The Labute approximate surface area is 123 Å². The fourth-order valence-electron chi connectivity index (χ4n) is 1.58. The predicted octanol–water partition coefficient (Wildman–Crippen LogP) is 5.46. The number of benzene rings is 1. The van der Waals surface area contributed by atoms with Crippen molar-refractivity contribution in [3.8, 4) is 0 Å². The van der Waals surface area contributed by atoms with Crippen molar-refractivity contribution < 1.29 is 13.2 Å². The summed E-state index contributed by atoms with van der Waals surface area (Å²) in [6.07, 6.45) is -4.49. The standard InChI is InChI=1S/C13H9Cl2F3N2/c1-7-2-3-10(9(14)4-7)19-12-6-8(13(16,17)18)5-11(15)20-12/h2-6H,1H3,(H,19,20). The highest BCUT2D eigenvalue weighted by atomic mass is 35.5. The van der Waals surface area contributed by atoms with Crippen LogP contribution in [0, 0.1) is 6.92 Å². The SMILES string of the molecule is Cc1ccc(Nc2cc(C(F)(F)F)cc(Cl)n2)c(Cl)c1. The molecule has 0 spiro atoms. The molecule has 1 heterocycles. The molecule has 1 aromatic heterocycles. The highest BCUT2D eigenvalue weighted by Gasteiger charge is 2.31. The number of aryl methyl sites for hydroxylation is 1. The van der Waals surface area contributed by atoms with Gasteiger partial charge in [0, 0.05) is 0 Å². The Kier molecular flexibility index (Phi) is 4.11. The molecular weight excluding hydrogens is 312 g/mol. The molecule has 2 nitrogen and oxygen atoms in total. The van der Waals surface area contributed by atoms with Gasteiger partial charge in [0.1, 0.15) is 11.0 Å². The molecule has 0 radical (unpaired) electrons. The molecule has 106 valence electrons. The van der Waals surface area contributed by atoms with Gasteiger partial charge in [-0.3, -0.25) is 0 Å². The summed E-state index contributed by atoms with van der Waals surface area (Å²) in [5.41, 5.74) is 0.527. The maximum Gasteiger partial charge on any atom is 0.416 e. The Morgan fingerprint density at radius 1 is 1.10 bits per heavy atom. The largest absolute Gasteiger partial charge is 0.416 e. The van der Waals surface area contributed by atoms with Crippen LogP contribution in [0.3, 0.4) is 0 Å². The molecule has 1 N–H and O–H groups in total. The molecule has 7 heteroatoms. The molecule has 0 unspecified atom stereocenters. The summed E-state index contributed by atoms with van der Waals surface area (Å²) in [7, 11) is 0. The van der Waals surface area contributed by atoms with Gasteiger partial charge in [-0.2, -0.15) is 13.2 Å². The van der Waals surface area contributed by atoms with Gasteiger partial charge < -0.3 is 5.32 Å². The summed E-state index contributed by atoms with van der Waals surface area (Å²) in [5, 5.41) is 2.87. The number of alkyl halides is 3. The third-order valence-electron chi connectivity index (χ3n) is 2.51. The zero-order chi connectivity index (χ0) is 14.9. The Balaban J connectivity index is 2.36. The van der Waals surface area contributed by atoms with E-state index >= 15 is 0 Å². The normalized spacial score (nSPS) is 11.5. The molecule has 2 aromatic rings. The van der Waals surface area contributed by atoms with Crippen LogP contribution in [0.15, 0.2) is 30.3 Å². The van der Waals surface area contributed by atoms with Gasteiger partial charge in [0.2, 0.25) is 0 Å². The molecule has 0 atom stereocenters. The van der Waals surface area contributed by atoms with E-state index in [1.807, 2.05) is 6.92 Å². The molecule has 0 saturated heterocycles. The molecule has 0 aliphatic rings. The van der Waals surface area contributed by atoms with Gasteiger partial charge >= 0.3 is 6.18 Å². The molecular formula is C13H9Cl2F3N2. The summed E-state index contributed by atoms with van der Waals surface area (Å²) >= 11 is 11.6. The van der Waals surface area contributed by atoms with E-state index in [1.165, 1.54) is 0 Å². The van der Waals surface area contributed by atoms with Crippen molar-refractivity contribution in [3.05, 3.63) is 51.6 Å². The van der Waals surface area contributed by atoms with Gasteiger partial charge in [-0.05, 0) is 36.8 Å². The van der Waals surface area contributed by atoms with Crippen molar-refractivity contribution in [2.75, 3.05) is 5.32 Å². The highest BCUT2D eigenvalue weighted by Crippen LogP contribution is 2.33. The summed E-state index contributed by atoms with van der Waals surface area (Å²) < 4.78 is 38.0. The van der Waals surface area contributed by atoms with Crippen molar-refractivity contribution in [3.63, 3.8) is 0 Å². The molecule has 0 aliphatic heterocycles. The van der Waals surface area contributed by atoms with Crippen molar-refractivity contribution in [2.45, 2.75) is 13.1 Å². The number of hydrogen-bond acceptors (Lipinski definition) is 2. The fourth-order valence-corrected chi connectivity index (χ4v) is 2.08. The lowest BCUT2D eigenvalue weighted by atomic mass is 10.2. The van der Waals surface area contributed by atoms with Gasteiger partial charge in [0.25, 0.3) is 0 Å². The number of halogens is 5. The van der Waals surface area contributed by atoms with E-state index in [9.17, 15) is 13.2 Å². The first-order valence-corrected chi connectivity index (χ1v) is 6.29. The smallest absolute Gasteiger partial charge is 0.339 e. The van der Waals surface area contributed by atoms with Crippen LogP contribution in [-0.4, -0.2) is 4.98 Å². The van der Waals surface area contributed by atoms with E-state index in [2.05, 4.69) is 10.3 Å². The Morgan fingerprint density at radius 3 is 2.40 bits per heavy atom. The topological polar surface area (TPSA) is 24.9 Å². The molecule has 2 rings (SSSR count). The lowest BCUT2D eigenvalue weighted by Gasteiger charge is -2.12. The van der Waals surface area contributed by atoms with Crippen LogP contribution in [-0.2, 0) is 6.18 Å². The first-order chi connectivity index (χ1) is 9.25. The monoisotopic (exact) mass is 320 g/mol. The van der Waals surface area contributed by atoms with Crippen LogP contribution < -0.4 is 5.32 Å². The minimum Gasteiger partial charge on any atom is -0.339 e. The van der Waals surface area contributed by atoms with Gasteiger partial charge in [-0.25, -0.2) is 4.98 Å². The lowest BCUT2D eigenvalue weighted by Crippen LogP contribution is -2.06. The Bertz CT molecular complexity index is 642. The average molecular weight is 321 g/mol. The number of pyridine rings is 1. The first-order valence-electron chi connectivity index (χ1n) is 5.53. The average Bonchev–Trinajstić information content (AvgIpc) is 2.31. The van der Waals surface area contributed by atoms with E-state index in [4.69, 9.17) is 23.2 Å². The number of rotatable bonds is 2. The molecule has 0 bridgehead atoms. The van der Waals surface area contributed by atoms with E-state index in [0.29, 0.717) is 10.7 Å². The Hall–Kier alpha value is -1.46. The van der Waals surface area contributed by atoms with Gasteiger partial charge in [0.05, 0.1) is 16.3 Å². The number of anilines is 2. The minimum absolute atomic E-state index is 0.0180. The summed E-state index contributed by atoms with van der Waals surface area (Å²) in [4.78, 5) is 3.80. The van der Waals surface area contributed by atoms with E-state index in [1.54, 1.807) is 18.2 Å². The van der Waals surface area contributed by atoms with Gasteiger partial charge in [-0.15, -0.1) is 0 Å². The van der Waals surface area contributed by atoms with Crippen LogP contribution in [0.25, 0.3) is 0 Å². The van der Waals surface area contributed by atoms with Crippen LogP contribution in [0.1, 0.15) is 11.1 Å². The van der Waals surface area contributed by atoms with Gasteiger partial charge in [0.15, 0.2) is 0 Å². The van der Waals surface area contributed by atoms with Gasteiger partial charge in [-0.1, -0.05) is 29.3 Å². The third-order valence-corrected chi connectivity index (χ3v) is 3.02. The zero-order valence-electron chi connectivity index (χ0n) is 10.2. The lowest BCUT2D eigenvalue weighted by molar-refractivity contribution is -0.137. The predicted molar refractivity (Wildman–Crippen MR) is 73.7 cm³/mol. The van der Waals surface area contributed by atoms with E-state index < -0.39 is 11.7 Å². The number of aromatic nitrogens is 1. The first kappa shape index (κ1) is 14.9. The van der Waals surface area contributed by atoms with Crippen molar-refractivity contribution in [1.82, 2.24) is 4.98 Å². The number of nitrogens with one attached hydrogen (secondary N) is 1. The van der Waals surface area contributed by atoms with Crippen molar-refractivity contribution >= 4 is 34.7 Å². The zero-order valence-corrected chi connectivity index (χ0v) is 11.7. The molecule has 0 amide bonds. The van der Waals surface area contributed by atoms with E-state index in [0.717, 1.165) is 17.7 Å². The van der Waals surface area contributed by atoms with Crippen LogP contribution in [0.4, 0.5) is 24.7 Å². The Morgan fingerprint density at radius 2 is 1.80 bits per heavy atom. The van der Waals surface area contributed by atoms with Crippen LogP contribution in [0.2, 0.25) is 10.2 Å². The van der Waals surface area contributed by atoms with Crippen LogP contribution >= 0.6 is 23.2 Å². The van der Waals surface area contributed by atoms with Crippen molar-refractivity contribution in [2.24, 2.45) is 0 Å². The molecule has 1 aromatic carbocycles. The fraction of sp³-hybridized carbons (Fsp3) is 0.154. The second-order valence-corrected chi connectivity index (χ2v) is 4.96. The van der Waals surface area contributed by atoms with Crippen LogP contribution in [0.5, 0.6) is 0 Å². The van der Waals surface area contributed by atoms with Crippen molar-refractivity contribution in [1.29, 1.82) is 0 Å². The maximum atomic E-state index is 12.7. The molecule has 0 aliphatic carbocycles. The highest BCUT2D eigenvalue weighted by molar-refractivity contribution is 6.33. The molecule has 0 fully saturated rings. The number of nitrogens with zero attached hydrogens (tertiary/aromatic N) is 1. The number of hydrogen-bond donors (Lipinski definition) is 1. The summed E-state index contributed by atoms with van der Waals surface area (Å²) in [5.74, 6) is -0.0180. The second kappa shape index (κ2) is 5.50. The van der Waals surface area contributed by atoms with E-state index in [-0.39, 0.29) is 11.0 Å². The quantitative estimate of drug-likeness (QED) is 0.743. The third kappa shape index (κ3) is 3.55. The maximum absolute atomic E-state index is 12.7. The summed E-state index contributed by atoms with van der Waals surface area (Å²) in [6, 6.07) is 6.78. The minimum atomic E-state index is -4.49. The second-order valence-electron chi connectivity index (χ2n) is 4.17. The molecule has 20 heavy (non-hydrogen) atoms. The molecule has 0 saturated carbocycles. The summed E-state index contributed by atoms with van der Waals surface area (Å²) in [6.45, 7) is 1.86.